The standard InChI is InChI=1S/C12H11BrO2/c1-2-12(14)15-11-6-3-8-7-9(13)4-5-10(8)11/h2,4-5,7,11H,1,3,6H2. The summed E-state index contributed by atoms with van der Waals surface area (Å²) in [7, 11) is 0. The molecule has 2 nitrogen and oxygen atoms in total. The lowest BCUT2D eigenvalue weighted by atomic mass is 10.1. The number of carbonyl (C=O) groups is 1. The summed E-state index contributed by atoms with van der Waals surface area (Å²) < 4.78 is 6.32. The maximum atomic E-state index is 11.1. The molecule has 3 heteroatoms. The van der Waals surface area contributed by atoms with Crippen LogP contribution in [0.4, 0.5) is 0 Å². The van der Waals surface area contributed by atoms with Gasteiger partial charge in [-0.05, 0) is 36.1 Å². The monoisotopic (exact) mass is 266 g/mol. The molecule has 1 aromatic rings. The molecule has 2 rings (SSSR count). The number of carbonyl (C=O) groups excluding carboxylic acids is 1. The largest absolute Gasteiger partial charge is 0.454 e. The number of hydrogen-bond donors (Lipinski definition) is 0. The third kappa shape index (κ3) is 2.12. The van der Waals surface area contributed by atoms with Crippen LogP contribution in [-0.4, -0.2) is 5.97 Å². The van der Waals surface area contributed by atoms with E-state index in [1.54, 1.807) is 0 Å². The van der Waals surface area contributed by atoms with Crippen molar-refractivity contribution in [2.45, 2.75) is 18.9 Å². The molecular weight excluding hydrogens is 256 g/mol. The molecule has 0 saturated carbocycles. The molecule has 0 aromatic heterocycles. The third-order valence-electron chi connectivity index (χ3n) is 2.55. The summed E-state index contributed by atoms with van der Waals surface area (Å²) in [5.41, 5.74) is 2.37. The molecular formula is C12H11BrO2. The fourth-order valence-corrected chi connectivity index (χ4v) is 2.27. The van der Waals surface area contributed by atoms with E-state index in [9.17, 15) is 4.79 Å². The van der Waals surface area contributed by atoms with Crippen LogP contribution in [0, 0.1) is 0 Å². The highest BCUT2D eigenvalue weighted by molar-refractivity contribution is 9.10. The van der Waals surface area contributed by atoms with Gasteiger partial charge >= 0.3 is 5.97 Å². The summed E-state index contributed by atoms with van der Waals surface area (Å²) in [6.07, 6.45) is 2.94. The van der Waals surface area contributed by atoms with Crippen LogP contribution in [0.1, 0.15) is 23.7 Å². The first-order valence-electron chi connectivity index (χ1n) is 4.82. The van der Waals surface area contributed by atoms with E-state index >= 15 is 0 Å². The molecule has 15 heavy (non-hydrogen) atoms. The number of halogens is 1. The topological polar surface area (TPSA) is 26.3 Å². The fraction of sp³-hybridized carbons (Fsp3) is 0.250. The Morgan fingerprint density at radius 3 is 3.13 bits per heavy atom. The van der Waals surface area contributed by atoms with Crippen molar-refractivity contribution in [3.8, 4) is 0 Å². The van der Waals surface area contributed by atoms with Crippen molar-refractivity contribution in [3.63, 3.8) is 0 Å². The molecule has 1 aromatic carbocycles. The molecule has 0 radical (unpaired) electrons. The Morgan fingerprint density at radius 2 is 2.40 bits per heavy atom. The summed E-state index contributed by atoms with van der Waals surface area (Å²) in [6.45, 7) is 3.39. The zero-order valence-electron chi connectivity index (χ0n) is 8.20. The molecule has 0 spiro atoms. The highest BCUT2D eigenvalue weighted by Gasteiger charge is 2.24. The van der Waals surface area contributed by atoms with Gasteiger partial charge in [0.05, 0.1) is 0 Å². The van der Waals surface area contributed by atoms with E-state index in [1.165, 1.54) is 11.6 Å². The number of rotatable bonds is 2. The van der Waals surface area contributed by atoms with Crippen molar-refractivity contribution in [1.29, 1.82) is 0 Å². The molecule has 0 aliphatic heterocycles. The first kappa shape index (κ1) is 10.4. The first-order chi connectivity index (χ1) is 7.20. The number of aryl methyl sites for hydroxylation is 1. The van der Waals surface area contributed by atoms with Gasteiger partial charge in [0.1, 0.15) is 6.10 Å². The summed E-state index contributed by atoms with van der Waals surface area (Å²) in [5.74, 6) is -0.351. The number of esters is 1. The Bertz CT molecular complexity index is 412. The Hall–Kier alpha value is -1.09. The van der Waals surface area contributed by atoms with Crippen LogP contribution in [0.5, 0.6) is 0 Å². The van der Waals surface area contributed by atoms with Gasteiger partial charge in [-0.2, -0.15) is 0 Å². The van der Waals surface area contributed by atoms with Crippen LogP contribution in [0.15, 0.2) is 35.3 Å². The van der Waals surface area contributed by atoms with Crippen molar-refractivity contribution < 1.29 is 9.53 Å². The second kappa shape index (κ2) is 4.19. The van der Waals surface area contributed by atoms with E-state index in [1.807, 2.05) is 12.1 Å². The first-order valence-corrected chi connectivity index (χ1v) is 5.61. The lowest BCUT2D eigenvalue weighted by Gasteiger charge is -2.11. The second-order valence-electron chi connectivity index (χ2n) is 3.51. The molecule has 1 atom stereocenters. The lowest BCUT2D eigenvalue weighted by Crippen LogP contribution is -2.05. The van der Waals surface area contributed by atoms with Crippen molar-refractivity contribution in [3.05, 3.63) is 46.5 Å². The normalized spacial score (nSPS) is 18.3. The Morgan fingerprint density at radius 1 is 1.60 bits per heavy atom. The summed E-state index contributed by atoms with van der Waals surface area (Å²) in [4.78, 5) is 11.1. The van der Waals surface area contributed by atoms with E-state index in [4.69, 9.17) is 4.74 Å². The maximum Gasteiger partial charge on any atom is 0.330 e. The Balaban J connectivity index is 2.21. The molecule has 0 fully saturated rings. The van der Waals surface area contributed by atoms with Crippen LogP contribution >= 0.6 is 15.9 Å². The van der Waals surface area contributed by atoms with Crippen LogP contribution in [-0.2, 0) is 16.0 Å². The maximum absolute atomic E-state index is 11.1. The fourth-order valence-electron chi connectivity index (χ4n) is 1.86. The molecule has 0 amide bonds. The molecule has 0 N–H and O–H groups in total. The van der Waals surface area contributed by atoms with E-state index in [2.05, 4.69) is 28.6 Å². The molecule has 78 valence electrons. The van der Waals surface area contributed by atoms with Gasteiger partial charge in [-0.3, -0.25) is 0 Å². The molecule has 1 unspecified atom stereocenters. The lowest BCUT2D eigenvalue weighted by molar-refractivity contribution is -0.143. The van der Waals surface area contributed by atoms with Crippen LogP contribution < -0.4 is 0 Å². The van der Waals surface area contributed by atoms with Gasteiger partial charge in [0.25, 0.3) is 0 Å². The van der Waals surface area contributed by atoms with Gasteiger partial charge < -0.3 is 4.74 Å². The number of benzene rings is 1. The van der Waals surface area contributed by atoms with Crippen LogP contribution in [0.3, 0.4) is 0 Å². The number of fused-ring (bicyclic) bond motifs is 1. The number of hydrogen-bond acceptors (Lipinski definition) is 2. The quantitative estimate of drug-likeness (QED) is 0.607. The van der Waals surface area contributed by atoms with E-state index in [0.29, 0.717) is 0 Å². The van der Waals surface area contributed by atoms with E-state index in [0.717, 1.165) is 22.9 Å². The van der Waals surface area contributed by atoms with Gasteiger partial charge in [0.15, 0.2) is 0 Å². The van der Waals surface area contributed by atoms with Gasteiger partial charge in [-0.25, -0.2) is 4.79 Å². The second-order valence-corrected chi connectivity index (χ2v) is 4.43. The van der Waals surface area contributed by atoms with Crippen LogP contribution in [0.2, 0.25) is 0 Å². The highest BCUT2D eigenvalue weighted by atomic mass is 79.9. The predicted octanol–water partition coefficient (Wildman–Crippen LogP) is 3.17. The van der Waals surface area contributed by atoms with Crippen molar-refractivity contribution in [1.82, 2.24) is 0 Å². The molecule has 0 saturated heterocycles. The minimum Gasteiger partial charge on any atom is -0.454 e. The van der Waals surface area contributed by atoms with Crippen LogP contribution in [0.25, 0.3) is 0 Å². The zero-order valence-corrected chi connectivity index (χ0v) is 9.79. The SMILES string of the molecule is C=CC(=O)OC1CCc2cc(Br)ccc21. The average Bonchev–Trinajstić information content (AvgIpc) is 2.60. The predicted molar refractivity (Wildman–Crippen MR) is 61.5 cm³/mol. The van der Waals surface area contributed by atoms with Gasteiger partial charge in [-0.1, -0.05) is 28.6 Å². The summed E-state index contributed by atoms with van der Waals surface area (Å²) in [5, 5.41) is 0. The molecule has 0 heterocycles. The Labute approximate surface area is 97.1 Å². The minimum atomic E-state index is -0.351. The average molecular weight is 267 g/mol. The summed E-state index contributed by atoms with van der Waals surface area (Å²) in [6, 6.07) is 6.06. The molecule has 1 aliphatic carbocycles. The summed E-state index contributed by atoms with van der Waals surface area (Å²) >= 11 is 3.43. The van der Waals surface area contributed by atoms with Gasteiger partial charge in [0.2, 0.25) is 0 Å². The van der Waals surface area contributed by atoms with Crippen molar-refractivity contribution in [2.75, 3.05) is 0 Å². The van der Waals surface area contributed by atoms with E-state index < -0.39 is 0 Å². The van der Waals surface area contributed by atoms with Crippen molar-refractivity contribution >= 4 is 21.9 Å². The van der Waals surface area contributed by atoms with Crippen molar-refractivity contribution in [2.24, 2.45) is 0 Å². The smallest absolute Gasteiger partial charge is 0.330 e. The molecule has 1 aliphatic rings. The molecule has 0 bridgehead atoms. The van der Waals surface area contributed by atoms with E-state index in [-0.39, 0.29) is 12.1 Å². The zero-order chi connectivity index (χ0) is 10.8. The number of ether oxygens (including phenoxy) is 1. The van der Waals surface area contributed by atoms with Gasteiger partial charge in [0, 0.05) is 10.5 Å². The van der Waals surface area contributed by atoms with Gasteiger partial charge in [-0.15, -0.1) is 0 Å². The highest BCUT2D eigenvalue weighted by Crippen LogP contribution is 2.35. The Kier molecular flexibility index (Phi) is 2.91. The third-order valence-corrected chi connectivity index (χ3v) is 3.05. The minimum absolute atomic E-state index is 0.0985.